The van der Waals surface area contributed by atoms with Gasteiger partial charge in [-0.15, -0.1) is 11.6 Å². The van der Waals surface area contributed by atoms with Gasteiger partial charge in [0.2, 0.25) is 11.8 Å². The molecular weight excluding hydrogens is 284 g/mol. The van der Waals surface area contributed by atoms with Gasteiger partial charge >= 0.3 is 5.97 Å². The molecule has 0 saturated carbocycles. The van der Waals surface area contributed by atoms with Gasteiger partial charge in [0.15, 0.2) is 0 Å². The van der Waals surface area contributed by atoms with Gasteiger partial charge < -0.3 is 14.9 Å². The van der Waals surface area contributed by atoms with E-state index in [-0.39, 0.29) is 29.5 Å². The van der Waals surface area contributed by atoms with Crippen molar-refractivity contribution < 1.29 is 19.5 Å². The molecule has 0 radical (unpaired) electrons. The van der Waals surface area contributed by atoms with E-state index in [0.29, 0.717) is 19.5 Å². The Morgan fingerprint density at radius 3 is 2.45 bits per heavy atom. The number of halogens is 1. The first-order chi connectivity index (χ1) is 9.29. The Morgan fingerprint density at radius 2 is 2.00 bits per heavy atom. The zero-order valence-electron chi connectivity index (χ0n) is 12.0. The van der Waals surface area contributed by atoms with Gasteiger partial charge in [-0.1, -0.05) is 13.8 Å². The number of aliphatic carboxylic acids is 1. The summed E-state index contributed by atoms with van der Waals surface area (Å²) in [4.78, 5) is 37.9. The fourth-order valence-corrected chi connectivity index (χ4v) is 2.77. The minimum absolute atomic E-state index is 0.0967. The van der Waals surface area contributed by atoms with Crippen LogP contribution in [0.25, 0.3) is 0 Å². The summed E-state index contributed by atoms with van der Waals surface area (Å²) >= 11 is 5.49. The minimum atomic E-state index is -1.01. The smallest absolute Gasteiger partial charge is 0.326 e. The van der Waals surface area contributed by atoms with Gasteiger partial charge in [-0.05, 0) is 12.3 Å². The van der Waals surface area contributed by atoms with Crippen molar-refractivity contribution in [3.05, 3.63) is 0 Å². The van der Waals surface area contributed by atoms with Crippen molar-refractivity contribution in [1.82, 2.24) is 9.80 Å². The molecule has 1 aliphatic rings. The van der Waals surface area contributed by atoms with E-state index < -0.39 is 12.0 Å². The molecular formula is C13H21ClN2O4. The molecule has 2 amide bonds. The number of carbonyl (C=O) groups excluding carboxylic acids is 2. The average molecular weight is 305 g/mol. The maximum absolute atomic E-state index is 12.3. The third-order valence-corrected chi connectivity index (χ3v) is 3.88. The molecule has 0 aromatic rings. The van der Waals surface area contributed by atoms with E-state index in [1.807, 2.05) is 0 Å². The second-order valence-electron chi connectivity index (χ2n) is 5.44. The summed E-state index contributed by atoms with van der Waals surface area (Å²) in [6, 6.07) is -0.847. The van der Waals surface area contributed by atoms with Crippen LogP contribution < -0.4 is 0 Å². The standard InChI is InChI=1S/C13H21ClN2O4/c1-8(2)11(13(19)20)15(3)12(18)9-4-5-16(7-9)10(17)6-14/h8-9,11H,4-7H2,1-3H3,(H,19,20)/t9-,11+/m1/s1. The van der Waals surface area contributed by atoms with Crippen LogP contribution in [0.15, 0.2) is 0 Å². The van der Waals surface area contributed by atoms with Crippen molar-refractivity contribution in [2.45, 2.75) is 26.3 Å². The number of carboxylic acids is 1. The Bertz CT molecular complexity index is 400. The fraction of sp³-hybridized carbons (Fsp3) is 0.769. The number of carbonyl (C=O) groups is 3. The predicted molar refractivity (Wildman–Crippen MR) is 74.4 cm³/mol. The Balaban J connectivity index is 2.71. The van der Waals surface area contributed by atoms with Gasteiger partial charge in [-0.3, -0.25) is 9.59 Å². The minimum Gasteiger partial charge on any atom is -0.480 e. The number of amides is 2. The lowest BCUT2D eigenvalue weighted by molar-refractivity contribution is -0.152. The zero-order chi connectivity index (χ0) is 15.4. The molecule has 20 heavy (non-hydrogen) atoms. The van der Waals surface area contributed by atoms with E-state index in [4.69, 9.17) is 11.6 Å². The number of likely N-dealkylation sites (tertiary alicyclic amines) is 1. The van der Waals surface area contributed by atoms with E-state index in [0.717, 1.165) is 0 Å². The lowest BCUT2D eigenvalue weighted by Crippen LogP contribution is -2.48. The van der Waals surface area contributed by atoms with E-state index in [2.05, 4.69) is 0 Å². The predicted octanol–water partition coefficient (Wildman–Crippen LogP) is 0.641. The summed E-state index contributed by atoms with van der Waals surface area (Å²) in [6.07, 6.45) is 0.552. The second kappa shape index (κ2) is 6.92. The molecule has 6 nitrogen and oxygen atoms in total. The van der Waals surface area contributed by atoms with Crippen molar-refractivity contribution in [2.75, 3.05) is 26.0 Å². The lowest BCUT2D eigenvalue weighted by Gasteiger charge is -2.29. The highest BCUT2D eigenvalue weighted by Gasteiger charge is 2.37. The summed E-state index contributed by atoms with van der Waals surface area (Å²) in [5.41, 5.74) is 0. The van der Waals surface area contributed by atoms with Gasteiger partial charge in [-0.25, -0.2) is 4.79 Å². The van der Waals surface area contributed by atoms with Crippen molar-refractivity contribution in [2.24, 2.45) is 11.8 Å². The Labute approximate surface area is 123 Å². The molecule has 1 fully saturated rings. The molecule has 7 heteroatoms. The molecule has 0 spiro atoms. The second-order valence-corrected chi connectivity index (χ2v) is 5.70. The Morgan fingerprint density at radius 1 is 1.40 bits per heavy atom. The highest BCUT2D eigenvalue weighted by molar-refractivity contribution is 6.27. The maximum Gasteiger partial charge on any atom is 0.326 e. The number of hydrogen-bond donors (Lipinski definition) is 1. The molecule has 1 saturated heterocycles. The third kappa shape index (κ3) is 3.62. The molecule has 2 atom stereocenters. The first kappa shape index (κ1) is 16.8. The van der Waals surface area contributed by atoms with E-state index in [1.165, 1.54) is 11.9 Å². The molecule has 0 aliphatic carbocycles. The SMILES string of the molecule is CC(C)[C@@H](C(=O)O)N(C)C(=O)[C@@H]1CCN(C(=O)CCl)C1. The summed E-state index contributed by atoms with van der Waals surface area (Å²) < 4.78 is 0. The number of carboxylic acid groups (broad SMARTS) is 1. The molecule has 0 unspecified atom stereocenters. The maximum atomic E-state index is 12.3. The van der Waals surface area contributed by atoms with Crippen molar-refractivity contribution >= 4 is 29.4 Å². The molecule has 1 heterocycles. The first-order valence-electron chi connectivity index (χ1n) is 6.62. The van der Waals surface area contributed by atoms with Gasteiger partial charge in [0.1, 0.15) is 11.9 Å². The van der Waals surface area contributed by atoms with Crippen LogP contribution in [-0.2, 0) is 14.4 Å². The number of alkyl halides is 1. The number of rotatable bonds is 5. The zero-order valence-corrected chi connectivity index (χ0v) is 12.8. The van der Waals surface area contributed by atoms with E-state index in [9.17, 15) is 19.5 Å². The molecule has 0 aromatic heterocycles. The van der Waals surface area contributed by atoms with Gasteiger partial charge in [-0.2, -0.15) is 0 Å². The van der Waals surface area contributed by atoms with Crippen LogP contribution in [0.2, 0.25) is 0 Å². The molecule has 1 N–H and O–H groups in total. The molecule has 0 bridgehead atoms. The van der Waals surface area contributed by atoms with E-state index in [1.54, 1.807) is 18.7 Å². The van der Waals surface area contributed by atoms with Crippen LogP contribution in [0.1, 0.15) is 20.3 Å². The molecule has 1 rings (SSSR count). The van der Waals surface area contributed by atoms with Crippen LogP contribution >= 0.6 is 11.6 Å². The quantitative estimate of drug-likeness (QED) is 0.756. The van der Waals surface area contributed by atoms with Crippen LogP contribution in [0.3, 0.4) is 0 Å². The van der Waals surface area contributed by atoms with Gasteiger partial charge in [0.25, 0.3) is 0 Å². The largest absolute Gasteiger partial charge is 0.480 e. The van der Waals surface area contributed by atoms with Gasteiger partial charge in [0, 0.05) is 20.1 Å². The fourth-order valence-electron chi connectivity index (χ4n) is 2.60. The normalized spacial score (nSPS) is 20.1. The lowest BCUT2D eigenvalue weighted by atomic mass is 10.0. The van der Waals surface area contributed by atoms with Crippen molar-refractivity contribution in [1.29, 1.82) is 0 Å². The number of hydrogen-bond acceptors (Lipinski definition) is 3. The molecule has 1 aliphatic heterocycles. The number of likely N-dealkylation sites (N-methyl/N-ethyl adjacent to an activating group) is 1. The summed E-state index contributed by atoms with van der Waals surface area (Å²) in [6.45, 7) is 4.34. The van der Waals surface area contributed by atoms with Crippen molar-refractivity contribution in [3.63, 3.8) is 0 Å². The first-order valence-corrected chi connectivity index (χ1v) is 7.16. The highest BCUT2D eigenvalue weighted by Crippen LogP contribution is 2.21. The molecule has 0 aromatic carbocycles. The third-order valence-electron chi connectivity index (χ3n) is 3.65. The summed E-state index contributed by atoms with van der Waals surface area (Å²) in [5.74, 6) is -2.04. The van der Waals surface area contributed by atoms with E-state index >= 15 is 0 Å². The van der Waals surface area contributed by atoms with Crippen molar-refractivity contribution in [3.8, 4) is 0 Å². The highest BCUT2D eigenvalue weighted by atomic mass is 35.5. The van der Waals surface area contributed by atoms with Crippen LogP contribution in [0.5, 0.6) is 0 Å². The number of nitrogens with zero attached hydrogens (tertiary/aromatic N) is 2. The molecule has 114 valence electrons. The Hall–Kier alpha value is -1.30. The monoisotopic (exact) mass is 304 g/mol. The summed E-state index contributed by atoms with van der Waals surface area (Å²) in [7, 11) is 1.51. The van der Waals surface area contributed by atoms with Crippen LogP contribution in [-0.4, -0.2) is 64.7 Å². The van der Waals surface area contributed by atoms with Crippen LogP contribution in [0, 0.1) is 11.8 Å². The van der Waals surface area contributed by atoms with Crippen LogP contribution in [0.4, 0.5) is 0 Å². The summed E-state index contributed by atoms with van der Waals surface area (Å²) in [5, 5.41) is 9.21. The topological polar surface area (TPSA) is 77.9 Å². The Kier molecular flexibility index (Phi) is 5.80. The van der Waals surface area contributed by atoms with Gasteiger partial charge in [0.05, 0.1) is 5.92 Å². The average Bonchev–Trinajstić information content (AvgIpc) is 2.85.